The normalized spacial score (nSPS) is 15.2. The van der Waals surface area contributed by atoms with Gasteiger partial charge in [-0.05, 0) is 30.2 Å². The third-order valence-electron chi connectivity index (χ3n) is 5.22. The second kappa shape index (κ2) is 10.6. The number of rotatable bonds is 7. The maximum absolute atomic E-state index is 13.1. The number of amides is 2. The molecular formula is C24H28N4O3. The number of hydrogen-bond acceptors (Lipinski definition) is 5. The number of nitriles is 1. The Morgan fingerprint density at radius 2 is 1.68 bits per heavy atom. The molecule has 1 aliphatic heterocycles. The number of carbonyl (C=O) groups is 2. The van der Waals surface area contributed by atoms with Crippen molar-refractivity contribution in [3.8, 4) is 11.8 Å². The van der Waals surface area contributed by atoms with Gasteiger partial charge in [-0.15, -0.1) is 0 Å². The van der Waals surface area contributed by atoms with E-state index >= 15 is 0 Å². The van der Waals surface area contributed by atoms with Crippen LogP contribution < -0.4 is 10.1 Å². The topological polar surface area (TPSA) is 85.7 Å². The molecule has 0 aliphatic carbocycles. The summed E-state index contributed by atoms with van der Waals surface area (Å²) in [6.45, 7) is 6.45. The summed E-state index contributed by atoms with van der Waals surface area (Å²) in [5.74, 6) is 0.223. The van der Waals surface area contributed by atoms with E-state index in [4.69, 9.17) is 4.74 Å². The van der Waals surface area contributed by atoms with Crippen molar-refractivity contribution in [1.82, 2.24) is 9.80 Å². The van der Waals surface area contributed by atoms with Gasteiger partial charge in [-0.1, -0.05) is 44.2 Å². The molecule has 0 radical (unpaired) electrons. The monoisotopic (exact) mass is 420 g/mol. The molecule has 2 aromatic carbocycles. The smallest absolute Gasteiger partial charge is 0.264 e. The second-order valence-corrected chi connectivity index (χ2v) is 7.91. The Morgan fingerprint density at radius 3 is 2.32 bits per heavy atom. The molecule has 1 saturated heterocycles. The summed E-state index contributed by atoms with van der Waals surface area (Å²) < 4.78 is 5.98. The van der Waals surface area contributed by atoms with Crippen LogP contribution in [-0.2, 0) is 9.59 Å². The molecule has 1 fully saturated rings. The first kappa shape index (κ1) is 22.3. The zero-order chi connectivity index (χ0) is 22.2. The van der Waals surface area contributed by atoms with E-state index in [9.17, 15) is 14.9 Å². The highest BCUT2D eigenvalue weighted by Gasteiger charge is 2.32. The Balaban J connectivity index is 1.54. The number of ether oxygens (including phenoxy) is 1. The summed E-state index contributed by atoms with van der Waals surface area (Å²) >= 11 is 0. The molecule has 2 aromatic rings. The molecule has 31 heavy (non-hydrogen) atoms. The molecule has 1 N–H and O–H groups in total. The van der Waals surface area contributed by atoms with E-state index in [1.165, 1.54) is 0 Å². The minimum absolute atomic E-state index is 0.0473. The molecule has 162 valence electrons. The van der Waals surface area contributed by atoms with Gasteiger partial charge >= 0.3 is 0 Å². The van der Waals surface area contributed by atoms with E-state index in [0.717, 1.165) is 5.69 Å². The Labute approximate surface area is 183 Å². The van der Waals surface area contributed by atoms with Crippen LogP contribution in [0.4, 0.5) is 5.69 Å². The second-order valence-electron chi connectivity index (χ2n) is 7.91. The highest BCUT2D eigenvalue weighted by Crippen LogP contribution is 2.22. The molecule has 2 amide bonds. The number of carbonyl (C=O) groups excluding carboxylic acids is 2. The molecule has 3 rings (SSSR count). The first-order valence-electron chi connectivity index (χ1n) is 10.5. The van der Waals surface area contributed by atoms with Crippen LogP contribution in [0.2, 0.25) is 0 Å². The number of nitrogens with zero attached hydrogens (tertiary/aromatic N) is 3. The number of hydrogen-bond donors (Lipinski definition) is 1. The van der Waals surface area contributed by atoms with Gasteiger partial charge in [0.05, 0.1) is 12.1 Å². The van der Waals surface area contributed by atoms with Crippen molar-refractivity contribution in [1.29, 1.82) is 5.26 Å². The predicted octanol–water partition coefficient (Wildman–Crippen LogP) is 2.74. The average Bonchev–Trinajstić information content (AvgIpc) is 2.78. The quantitative estimate of drug-likeness (QED) is 0.744. The number of piperazine rings is 1. The van der Waals surface area contributed by atoms with Crippen molar-refractivity contribution in [2.24, 2.45) is 5.92 Å². The molecule has 1 aliphatic rings. The molecule has 0 aromatic heterocycles. The van der Waals surface area contributed by atoms with Gasteiger partial charge < -0.3 is 15.0 Å². The van der Waals surface area contributed by atoms with Crippen LogP contribution in [0.15, 0.2) is 54.6 Å². The molecular weight excluding hydrogens is 392 g/mol. The third kappa shape index (κ3) is 6.06. The van der Waals surface area contributed by atoms with Gasteiger partial charge in [0, 0.05) is 31.9 Å². The lowest BCUT2D eigenvalue weighted by Gasteiger charge is -2.36. The lowest BCUT2D eigenvalue weighted by atomic mass is 10.0. The molecule has 1 unspecified atom stereocenters. The summed E-state index contributed by atoms with van der Waals surface area (Å²) in [5.41, 5.74) is 1.19. The van der Waals surface area contributed by atoms with Crippen LogP contribution in [0.5, 0.6) is 5.75 Å². The third-order valence-corrected chi connectivity index (χ3v) is 5.22. The molecule has 0 spiro atoms. The van der Waals surface area contributed by atoms with Gasteiger partial charge in [0.15, 0.2) is 6.10 Å². The van der Waals surface area contributed by atoms with Crippen LogP contribution in [0.25, 0.3) is 0 Å². The van der Waals surface area contributed by atoms with E-state index < -0.39 is 6.10 Å². The maximum Gasteiger partial charge on any atom is 0.264 e. The summed E-state index contributed by atoms with van der Waals surface area (Å²) in [6, 6.07) is 18.4. The maximum atomic E-state index is 13.1. The van der Waals surface area contributed by atoms with Crippen molar-refractivity contribution in [2.45, 2.75) is 20.0 Å². The van der Waals surface area contributed by atoms with Crippen LogP contribution in [0.3, 0.4) is 0 Å². The van der Waals surface area contributed by atoms with Crippen molar-refractivity contribution in [2.75, 3.05) is 38.0 Å². The van der Waals surface area contributed by atoms with Crippen molar-refractivity contribution in [3.05, 3.63) is 60.2 Å². The molecule has 1 atom stereocenters. The zero-order valence-corrected chi connectivity index (χ0v) is 18.0. The number of benzene rings is 2. The van der Waals surface area contributed by atoms with E-state index in [1.54, 1.807) is 29.2 Å². The van der Waals surface area contributed by atoms with Crippen LogP contribution >= 0.6 is 0 Å². The molecule has 0 saturated carbocycles. The Bertz CT molecular complexity index is 931. The highest BCUT2D eigenvalue weighted by molar-refractivity contribution is 5.92. The molecule has 7 heteroatoms. The highest BCUT2D eigenvalue weighted by atomic mass is 16.5. The van der Waals surface area contributed by atoms with E-state index in [0.29, 0.717) is 37.5 Å². The van der Waals surface area contributed by atoms with E-state index in [-0.39, 0.29) is 24.3 Å². The predicted molar refractivity (Wildman–Crippen MR) is 119 cm³/mol. The van der Waals surface area contributed by atoms with Gasteiger partial charge in [0.2, 0.25) is 5.91 Å². The van der Waals surface area contributed by atoms with Gasteiger partial charge in [-0.2, -0.15) is 5.26 Å². The Hall–Kier alpha value is -3.37. The average molecular weight is 421 g/mol. The SMILES string of the molecule is CC(C)C(Oc1ccccc1C#N)C(=O)N1CCN(CC(=O)Nc2ccccc2)CC1. The fourth-order valence-corrected chi connectivity index (χ4v) is 3.50. The van der Waals surface area contributed by atoms with Gasteiger partial charge in [0.25, 0.3) is 5.91 Å². The summed E-state index contributed by atoms with van der Waals surface area (Å²) in [4.78, 5) is 29.2. The zero-order valence-electron chi connectivity index (χ0n) is 18.0. The summed E-state index contributed by atoms with van der Waals surface area (Å²) in [6.07, 6.45) is -0.664. The van der Waals surface area contributed by atoms with Crippen molar-refractivity contribution >= 4 is 17.5 Å². The van der Waals surface area contributed by atoms with Crippen molar-refractivity contribution < 1.29 is 14.3 Å². The minimum atomic E-state index is -0.664. The Kier molecular flexibility index (Phi) is 7.63. The number of para-hydroxylation sites is 2. The van der Waals surface area contributed by atoms with Crippen molar-refractivity contribution in [3.63, 3.8) is 0 Å². The lowest BCUT2D eigenvalue weighted by molar-refractivity contribution is -0.142. The summed E-state index contributed by atoms with van der Waals surface area (Å²) in [5, 5.41) is 12.2. The molecule has 7 nitrogen and oxygen atoms in total. The standard InChI is InChI=1S/C24H28N4O3/c1-18(2)23(31-21-11-7-6-8-19(21)16-25)24(30)28-14-12-27(13-15-28)17-22(29)26-20-9-4-3-5-10-20/h3-11,18,23H,12-15,17H2,1-2H3,(H,26,29). The minimum Gasteiger partial charge on any atom is -0.479 e. The van der Waals surface area contributed by atoms with Gasteiger partial charge in [-0.3, -0.25) is 14.5 Å². The lowest BCUT2D eigenvalue weighted by Crippen LogP contribution is -2.54. The number of nitrogens with one attached hydrogen (secondary N) is 1. The number of anilines is 1. The van der Waals surface area contributed by atoms with Gasteiger partial charge in [-0.25, -0.2) is 0 Å². The molecule has 0 bridgehead atoms. The van der Waals surface area contributed by atoms with Gasteiger partial charge in [0.1, 0.15) is 11.8 Å². The fourth-order valence-electron chi connectivity index (χ4n) is 3.50. The fraction of sp³-hybridized carbons (Fsp3) is 0.375. The van der Waals surface area contributed by atoms with E-state index in [2.05, 4.69) is 11.4 Å². The van der Waals surface area contributed by atoms with Crippen LogP contribution in [0, 0.1) is 17.2 Å². The first-order chi connectivity index (χ1) is 15.0. The van der Waals surface area contributed by atoms with Crippen LogP contribution in [-0.4, -0.2) is 60.4 Å². The summed E-state index contributed by atoms with van der Waals surface area (Å²) in [7, 11) is 0. The first-order valence-corrected chi connectivity index (χ1v) is 10.5. The largest absolute Gasteiger partial charge is 0.479 e. The van der Waals surface area contributed by atoms with E-state index in [1.807, 2.05) is 49.1 Å². The Morgan fingerprint density at radius 1 is 1.03 bits per heavy atom. The van der Waals surface area contributed by atoms with Crippen LogP contribution in [0.1, 0.15) is 19.4 Å². The molecule has 1 heterocycles.